The molecule has 2 aliphatic rings. The summed E-state index contributed by atoms with van der Waals surface area (Å²) in [5, 5.41) is 2.81. The minimum absolute atomic E-state index is 0.111. The molecule has 1 saturated carbocycles. The molecule has 1 N–H and O–H groups in total. The summed E-state index contributed by atoms with van der Waals surface area (Å²) >= 11 is 4.95. The third kappa shape index (κ3) is 3.46. The number of anilines is 1. The van der Waals surface area contributed by atoms with Crippen molar-refractivity contribution in [2.24, 2.45) is 5.92 Å². The van der Waals surface area contributed by atoms with Crippen LogP contribution in [-0.4, -0.2) is 39.4 Å². The summed E-state index contributed by atoms with van der Waals surface area (Å²) in [4.78, 5) is 30.9. The Morgan fingerprint density at radius 2 is 2.09 bits per heavy atom. The van der Waals surface area contributed by atoms with E-state index in [0.29, 0.717) is 17.4 Å². The van der Waals surface area contributed by atoms with Crippen LogP contribution in [0.1, 0.15) is 25.7 Å². The molecule has 0 spiro atoms. The van der Waals surface area contributed by atoms with Crippen LogP contribution in [0.2, 0.25) is 0 Å². The van der Waals surface area contributed by atoms with Crippen LogP contribution in [0.15, 0.2) is 22.8 Å². The number of thioether (sulfide) groups is 1. The van der Waals surface area contributed by atoms with Gasteiger partial charge in [-0.2, -0.15) is 0 Å². The van der Waals surface area contributed by atoms with Crippen molar-refractivity contribution in [1.29, 1.82) is 0 Å². The van der Waals surface area contributed by atoms with E-state index in [4.69, 9.17) is 0 Å². The molecule has 2 fully saturated rings. The minimum atomic E-state index is -0.386. The Kier molecular flexibility index (Phi) is 5.03. The molecule has 118 valence electrons. The maximum Gasteiger partial charge on any atom is 0.249 e. The summed E-state index contributed by atoms with van der Waals surface area (Å²) in [5.74, 6) is 1.89. The molecule has 5 nitrogen and oxygen atoms in total. The fourth-order valence-corrected chi connectivity index (χ4v) is 4.34. The summed E-state index contributed by atoms with van der Waals surface area (Å²) in [6, 6.07) is 3.18. The van der Waals surface area contributed by atoms with E-state index in [-0.39, 0.29) is 23.8 Å². The van der Waals surface area contributed by atoms with Crippen molar-refractivity contribution in [1.82, 2.24) is 9.88 Å². The summed E-state index contributed by atoms with van der Waals surface area (Å²) in [6.45, 7) is 0. The molecule has 7 heteroatoms. The van der Waals surface area contributed by atoms with Crippen LogP contribution in [0.3, 0.4) is 0 Å². The van der Waals surface area contributed by atoms with Crippen molar-refractivity contribution in [3.63, 3.8) is 0 Å². The van der Waals surface area contributed by atoms with Crippen molar-refractivity contribution >= 4 is 45.3 Å². The Hall–Kier alpha value is -1.08. The predicted molar refractivity (Wildman–Crippen MR) is 90.5 cm³/mol. The predicted octanol–water partition coefficient (Wildman–Crippen LogP) is 2.87. The third-order valence-electron chi connectivity index (χ3n) is 4.15. The number of hydrogen-bond donors (Lipinski definition) is 1. The van der Waals surface area contributed by atoms with Gasteiger partial charge in [0.05, 0.1) is 5.88 Å². The lowest BCUT2D eigenvalue weighted by molar-refractivity contribution is -0.139. The molecule has 0 bridgehead atoms. The first-order valence-corrected chi connectivity index (χ1v) is 9.40. The zero-order valence-electron chi connectivity index (χ0n) is 12.1. The van der Waals surface area contributed by atoms with E-state index in [1.54, 1.807) is 28.9 Å². The van der Waals surface area contributed by atoms with E-state index in [1.165, 1.54) is 0 Å². The molecular formula is C15H18BrN3O2S. The average Bonchev–Trinajstić information content (AvgIpc) is 3.20. The lowest BCUT2D eigenvalue weighted by atomic mass is 10.1. The van der Waals surface area contributed by atoms with Gasteiger partial charge in [0.2, 0.25) is 11.8 Å². The Bertz CT molecular complexity index is 560. The zero-order valence-corrected chi connectivity index (χ0v) is 14.5. The Labute approximate surface area is 142 Å². The van der Waals surface area contributed by atoms with Crippen molar-refractivity contribution in [2.75, 3.05) is 16.9 Å². The summed E-state index contributed by atoms with van der Waals surface area (Å²) < 4.78 is 0.861. The third-order valence-corrected chi connectivity index (χ3v) is 5.63. The molecule has 1 unspecified atom stereocenters. The highest BCUT2D eigenvalue weighted by Gasteiger charge is 2.38. The van der Waals surface area contributed by atoms with Gasteiger partial charge in [0, 0.05) is 22.3 Å². The van der Waals surface area contributed by atoms with Crippen LogP contribution in [0.25, 0.3) is 0 Å². The van der Waals surface area contributed by atoms with Crippen LogP contribution < -0.4 is 5.32 Å². The first kappa shape index (κ1) is 15.8. The molecule has 0 aromatic carbocycles. The number of nitrogens with zero attached hydrogens (tertiary/aromatic N) is 2. The van der Waals surface area contributed by atoms with Crippen molar-refractivity contribution in [3.05, 3.63) is 22.8 Å². The largest absolute Gasteiger partial charge is 0.320 e. The molecule has 1 atom stereocenters. The number of nitrogens with one attached hydrogen (secondary N) is 1. The van der Waals surface area contributed by atoms with Crippen LogP contribution in [0, 0.1) is 5.92 Å². The monoisotopic (exact) mass is 383 g/mol. The minimum Gasteiger partial charge on any atom is -0.320 e. The number of carbonyl (C=O) groups is 2. The number of rotatable bonds is 3. The number of amides is 2. The molecule has 1 aromatic heterocycles. The number of pyridine rings is 1. The van der Waals surface area contributed by atoms with E-state index >= 15 is 0 Å². The van der Waals surface area contributed by atoms with Gasteiger partial charge in [0.25, 0.3) is 0 Å². The molecule has 1 saturated heterocycles. The smallest absolute Gasteiger partial charge is 0.249 e. The first-order valence-electron chi connectivity index (χ1n) is 7.46. The number of carbonyl (C=O) groups excluding carboxylic acids is 2. The Morgan fingerprint density at radius 3 is 2.77 bits per heavy atom. The van der Waals surface area contributed by atoms with E-state index in [2.05, 4.69) is 26.2 Å². The van der Waals surface area contributed by atoms with Gasteiger partial charge < -0.3 is 10.2 Å². The Morgan fingerprint density at radius 1 is 1.32 bits per heavy atom. The molecule has 0 radical (unpaired) electrons. The molecule has 1 aliphatic carbocycles. The van der Waals surface area contributed by atoms with Crippen LogP contribution in [0.4, 0.5) is 5.82 Å². The van der Waals surface area contributed by atoms with Gasteiger partial charge in [-0.05, 0) is 40.9 Å². The summed E-state index contributed by atoms with van der Waals surface area (Å²) in [7, 11) is 0. The van der Waals surface area contributed by atoms with E-state index < -0.39 is 0 Å². The van der Waals surface area contributed by atoms with Crippen molar-refractivity contribution < 1.29 is 9.59 Å². The highest BCUT2D eigenvalue weighted by atomic mass is 79.9. The second kappa shape index (κ2) is 7.00. The van der Waals surface area contributed by atoms with Gasteiger partial charge in [-0.3, -0.25) is 9.59 Å². The topological polar surface area (TPSA) is 62.3 Å². The normalized spacial score (nSPS) is 22.0. The second-order valence-electron chi connectivity index (χ2n) is 5.66. The Balaban J connectivity index is 1.65. The molecule has 2 amide bonds. The zero-order chi connectivity index (χ0) is 15.5. The molecule has 1 aromatic rings. The van der Waals surface area contributed by atoms with Gasteiger partial charge in [-0.25, -0.2) is 4.98 Å². The van der Waals surface area contributed by atoms with E-state index in [9.17, 15) is 9.59 Å². The van der Waals surface area contributed by atoms with Gasteiger partial charge >= 0.3 is 0 Å². The summed E-state index contributed by atoms with van der Waals surface area (Å²) in [6.07, 6.45) is 5.81. The lowest BCUT2D eigenvalue weighted by Gasteiger charge is -2.25. The number of aromatic nitrogens is 1. The number of halogens is 1. The molecule has 1 aliphatic heterocycles. The lowest BCUT2D eigenvalue weighted by Crippen LogP contribution is -2.46. The number of hydrogen-bond acceptors (Lipinski definition) is 4. The quantitative estimate of drug-likeness (QED) is 0.871. The fraction of sp³-hybridized carbons (Fsp3) is 0.533. The van der Waals surface area contributed by atoms with Crippen LogP contribution in [0.5, 0.6) is 0 Å². The van der Waals surface area contributed by atoms with Gasteiger partial charge in [0.1, 0.15) is 11.9 Å². The highest BCUT2D eigenvalue weighted by molar-refractivity contribution is 9.10. The maximum atomic E-state index is 12.6. The standard InChI is InChI=1S/C15H18BrN3O2S/c16-11-5-6-13(17-7-11)18-14(20)12-8-22-9-19(12)15(21)10-3-1-2-4-10/h5-7,10,12H,1-4,8-9H2,(H,17,18,20). The van der Waals surface area contributed by atoms with E-state index in [1.807, 2.05) is 6.07 Å². The van der Waals surface area contributed by atoms with Gasteiger partial charge in [-0.15, -0.1) is 11.8 Å². The maximum absolute atomic E-state index is 12.6. The van der Waals surface area contributed by atoms with Crippen LogP contribution >= 0.6 is 27.7 Å². The SMILES string of the molecule is O=C(Nc1ccc(Br)cn1)C1CSCN1C(=O)C1CCCC1. The van der Waals surface area contributed by atoms with Crippen LogP contribution in [-0.2, 0) is 9.59 Å². The van der Waals surface area contributed by atoms with E-state index in [0.717, 1.165) is 30.2 Å². The van der Waals surface area contributed by atoms with Crippen molar-refractivity contribution in [2.45, 2.75) is 31.7 Å². The van der Waals surface area contributed by atoms with Gasteiger partial charge in [-0.1, -0.05) is 12.8 Å². The van der Waals surface area contributed by atoms with Gasteiger partial charge in [0.15, 0.2) is 0 Å². The molecule has 2 heterocycles. The highest BCUT2D eigenvalue weighted by Crippen LogP contribution is 2.31. The summed E-state index contributed by atoms with van der Waals surface area (Å²) in [5.41, 5.74) is 0. The first-order chi connectivity index (χ1) is 10.6. The average molecular weight is 384 g/mol. The van der Waals surface area contributed by atoms with Crippen molar-refractivity contribution in [3.8, 4) is 0 Å². The molecular weight excluding hydrogens is 366 g/mol. The fourth-order valence-electron chi connectivity index (χ4n) is 2.94. The second-order valence-corrected chi connectivity index (χ2v) is 7.57. The molecule has 22 heavy (non-hydrogen) atoms. The molecule has 3 rings (SSSR count).